The highest BCUT2D eigenvalue weighted by Crippen LogP contribution is 2.18. The van der Waals surface area contributed by atoms with Crippen molar-refractivity contribution in [3.8, 4) is 0 Å². The molecule has 2 aromatic rings. The van der Waals surface area contributed by atoms with Crippen molar-refractivity contribution in [2.45, 2.75) is 38.3 Å². The molecule has 0 saturated heterocycles. The summed E-state index contributed by atoms with van der Waals surface area (Å²) < 4.78 is 29.5. The highest BCUT2D eigenvalue weighted by atomic mass is 32.2. The zero-order chi connectivity index (χ0) is 20.7. The first-order valence-corrected chi connectivity index (χ1v) is 10.7. The number of amides is 1. The maximum Gasteiger partial charge on any atom is 0.339 e. The third-order valence-corrected chi connectivity index (χ3v) is 6.07. The van der Waals surface area contributed by atoms with Crippen molar-refractivity contribution < 1.29 is 22.7 Å². The molecule has 0 aliphatic rings. The van der Waals surface area contributed by atoms with Crippen molar-refractivity contribution in [1.29, 1.82) is 0 Å². The van der Waals surface area contributed by atoms with Crippen molar-refractivity contribution >= 4 is 21.7 Å². The summed E-state index contributed by atoms with van der Waals surface area (Å²) >= 11 is 0. The quantitative estimate of drug-likeness (QED) is 0.633. The smallest absolute Gasteiger partial charge is 0.339 e. The zero-order valence-electron chi connectivity index (χ0n) is 16.3. The van der Waals surface area contributed by atoms with Gasteiger partial charge < -0.3 is 9.64 Å². The minimum absolute atomic E-state index is 0.0590. The summed E-state index contributed by atoms with van der Waals surface area (Å²) in [5.74, 6) is -1.30. The molecule has 150 valence electrons. The van der Waals surface area contributed by atoms with Gasteiger partial charge >= 0.3 is 5.97 Å². The summed E-state index contributed by atoms with van der Waals surface area (Å²) in [4.78, 5) is 26.5. The number of rotatable bonds is 8. The molecule has 0 N–H and O–H groups in total. The summed E-state index contributed by atoms with van der Waals surface area (Å²) in [5.41, 5.74) is 0.909. The van der Waals surface area contributed by atoms with Gasteiger partial charge in [0.1, 0.15) is 0 Å². The first-order chi connectivity index (χ1) is 13.3. The van der Waals surface area contributed by atoms with Crippen LogP contribution in [0.5, 0.6) is 0 Å². The molecule has 2 rings (SSSR count). The van der Waals surface area contributed by atoms with Crippen LogP contribution in [0.1, 0.15) is 36.7 Å². The van der Waals surface area contributed by atoms with Crippen LogP contribution in [0.3, 0.4) is 0 Å². The van der Waals surface area contributed by atoms with E-state index in [1.807, 2.05) is 44.2 Å². The van der Waals surface area contributed by atoms with E-state index in [1.54, 1.807) is 17.0 Å². The molecule has 0 unspecified atom stereocenters. The minimum atomic E-state index is -3.58. The molecule has 0 bridgehead atoms. The monoisotopic (exact) mass is 403 g/mol. The van der Waals surface area contributed by atoms with Crippen LogP contribution in [0.15, 0.2) is 59.5 Å². The average molecular weight is 404 g/mol. The third kappa shape index (κ3) is 5.42. The van der Waals surface area contributed by atoms with Crippen LogP contribution in [0.4, 0.5) is 0 Å². The van der Waals surface area contributed by atoms with Crippen LogP contribution >= 0.6 is 0 Å². The molecule has 0 spiro atoms. The van der Waals surface area contributed by atoms with Gasteiger partial charge in [-0.25, -0.2) is 13.2 Å². The largest absolute Gasteiger partial charge is 0.452 e. The molecule has 7 heteroatoms. The fourth-order valence-electron chi connectivity index (χ4n) is 2.69. The van der Waals surface area contributed by atoms with Crippen molar-refractivity contribution in [3.05, 3.63) is 65.7 Å². The predicted octanol–water partition coefficient (Wildman–Crippen LogP) is 3.07. The van der Waals surface area contributed by atoms with Gasteiger partial charge in [-0.15, -0.1) is 0 Å². The Bertz CT molecular complexity index is 923. The molecule has 0 heterocycles. The molecule has 0 aromatic heterocycles. The molecule has 0 radical (unpaired) electrons. The third-order valence-electron chi connectivity index (χ3n) is 4.29. The molecule has 0 aliphatic heterocycles. The van der Waals surface area contributed by atoms with Crippen molar-refractivity contribution in [3.63, 3.8) is 0 Å². The average Bonchev–Trinajstić information content (AvgIpc) is 2.70. The Balaban J connectivity index is 2.10. The van der Waals surface area contributed by atoms with E-state index in [2.05, 4.69) is 0 Å². The van der Waals surface area contributed by atoms with Gasteiger partial charge in [-0.2, -0.15) is 0 Å². The Labute approximate surface area is 166 Å². The van der Waals surface area contributed by atoms with E-state index in [-0.39, 0.29) is 28.2 Å². The van der Waals surface area contributed by atoms with Crippen LogP contribution in [0, 0.1) is 0 Å². The molecular formula is C21H25NO5S. The van der Waals surface area contributed by atoms with Crippen LogP contribution in [0.2, 0.25) is 0 Å². The molecule has 0 fully saturated rings. The Hall–Kier alpha value is -2.67. The lowest BCUT2D eigenvalue weighted by Gasteiger charge is -2.26. The maximum atomic E-state index is 12.6. The molecule has 0 aliphatic carbocycles. The van der Waals surface area contributed by atoms with Crippen LogP contribution in [-0.4, -0.2) is 43.6 Å². The fraction of sp³-hybridized carbons (Fsp3) is 0.333. The Morgan fingerprint density at radius 1 is 1.00 bits per heavy atom. The van der Waals surface area contributed by atoms with Gasteiger partial charge in [0.2, 0.25) is 0 Å². The van der Waals surface area contributed by atoms with E-state index in [0.717, 1.165) is 5.56 Å². The Kier molecular flexibility index (Phi) is 7.34. The van der Waals surface area contributed by atoms with Gasteiger partial charge in [0, 0.05) is 12.6 Å². The number of hydrogen-bond acceptors (Lipinski definition) is 5. The Morgan fingerprint density at radius 3 is 2.21 bits per heavy atom. The van der Waals surface area contributed by atoms with Gasteiger partial charge in [0.05, 0.1) is 16.2 Å². The lowest BCUT2D eigenvalue weighted by molar-refractivity contribution is -0.136. The number of esters is 1. The second kappa shape index (κ2) is 9.50. The molecule has 28 heavy (non-hydrogen) atoms. The predicted molar refractivity (Wildman–Crippen MR) is 107 cm³/mol. The van der Waals surface area contributed by atoms with Crippen molar-refractivity contribution in [2.24, 2.45) is 0 Å². The van der Waals surface area contributed by atoms with Crippen LogP contribution in [0.25, 0.3) is 0 Å². The summed E-state index contributed by atoms with van der Waals surface area (Å²) in [6, 6.07) is 15.3. The number of sulfone groups is 1. The molecular weight excluding hydrogens is 378 g/mol. The maximum absolute atomic E-state index is 12.6. The topological polar surface area (TPSA) is 80.7 Å². The summed E-state index contributed by atoms with van der Waals surface area (Å²) in [7, 11) is -3.58. The van der Waals surface area contributed by atoms with Crippen molar-refractivity contribution in [1.82, 2.24) is 4.90 Å². The van der Waals surface area contributed by atoms with E-state index in [1.165, 1.54) is 19.1 Å². The highest BCUT2D eigenvalue weighted by Gasteiger charge is 2.24. The van der Waals surface area contributed by atoms with Gasteiger partial charge in [0.25, 0.3) is 5.91 Å². The normalized spacial score (nSPS) is 11.3. The van der Waals surface area contributed by atoms with Gasteiger partial charge in [-0.05, 0) is 31.5 Å². The number of carbonyl (C=O) groups excluding carboxylic acids is 2. The summed E-state index contributed by atoms with van der Waals surface area (Å²) in [6.45, 7) is 5.21. The number of carbonyl (C=O) groups is 2. The van der Waals surface area contributed by atoms with Gasteiger partial charge in [-0.1, -0.05) is 49.4 Å². The van der Waals surface area contributed by atoms with Gasteiger partial charge in [0.15, 0.2) is 16.4 Å². The van der Waals surface area contributed by atoms with Crippen LogP contribution < -0.4 is 0 Å². The second-order valence-electron chi connectivity index (χ2n) is 6.58. The van der Waals surface area contributed by atoms with Crippen LogP contribution in [-0.2, 0) is 25.9 Å². The first kappa shape index (κ1) is 21.6. The zero-order valence-corrected chi connectivity index (χ0v) is 17.1. The second-order valence-corrected chi connectivity index (χ2v) is 8.82. The van der Waals surface area contributed by atoms with E-state index in [0.29, 0.717) is 6.54 Å². The molecule has 6 nitrogen and oxygen atoms in total. The molecule has 0 saturated carbocycles. The molecule has 2 aromatic carbocycles. The standard InChI is InChI=1S/C21H25NO5S/c1-4-28(25,26)19-13-9-8-12-18(19)21(24)27-15-20(23)22(16(2)3)14-17-10-6-5-7-11-17/h5-13,16H,4,14-15H2,1-3H3. The van der Waals surface area contributed by atoms with E-state index >= 15 is 0 Å². The first-order valence-electron chi connectivity index (χ1n) is 9.08. The lowest BCUT2D eigenvalue weighted by atomic mass is 10.2. The van der Waals surface area contributed by atoms with E-state index < -0.39 is 22.4 Å². The number of benzene rings is 2. The van der Waals surface area contributed by atoms with E-state index in [4.69, 9.17) is 4.74 Å². The van der Waals surface area contributed by atoms with Gasteiger partial charge in [-0.3, -0.25) is 4.79 Å². The Morgan fingerprint density at radius 2 is 1.61 bits per heavy atom. The lowest BCUT2D eigenvalue weighted by Crippen LogP contribution is -2.39. The fourth-order valence-corrected chi connectivity index (χ4v) is 3.77. The molecule has 1 amide bonds. The van der Waals surface area contributed by atoms with E-state index in [9.17, 15) is 18.0 Å². The molecule has 0 atom stereocenters. The summed E-state index contributed by atoms with van der Waals surface area (Å²) in [5, 5.41) is 0. The number of ether oxygens (including phenoxy) is 1. The number of nitrogens with zero attached hydrogens (tertiary/aromatic N) is 1. The summed E-state index contributed by atoms with van der Waals surface area (Å²) in [6.07, 6.45) is 0. The SMILES string of the molecule is CCS(=O)(=O)c1ccccc1C(=O)OCC(=O)N(Cc1ccccc1)C(C)C. The minimum Gasteiger partial charge on any atom is -0.452 e. The highest BCUT2D eigenvalue weighted by molar-refractivity contribution is 7.91. The number of hydrogen-bond donors (Lipinski definition) is 0. The van der Waals surface area contributed by atoms with Crippen molar-refractivity contribution in [2.75, 3.05) is 12.4 Å².